The number of nitrogens with zero attached hydrogens (tertiary/aromatic N) is 1. The third kappa shape index (κ3) is 5.17. The lowest BCUT2D eigenvalue weighted by Crippen LogP contribution is -2.12. The van der Waals surface area contributed by atoms with Gasteiger partial charge < -0.3 is 10.1 Å². The Hall–Kier alpha value is -1.36. The quantitative estimate of drug-likeness (QED) is 0.689. The molecular weight excluding hydrogens is 194 g/mol. The Morgan fingerprint density at radius 3 is 2.93 bits per heavy atom. The molecule has 0 aliphatic carbocycles. The fraction of sp³-hybridized carbons (Fsp3) is 0.600. The van der Waals surface area contributed by atoms with E-state index >= 15 is 0 Å². The molecule has 0 unspecified atom stereocenters. The second-order valence-corrected chi connectivity index (χ2v) is 3.51. The summed E-state index contributed by atoms with van der Waals surface area (Å²) in [6, 6.07) is 3.10. The van der Waals surface area contributed by atoms with E-state index in [0.717, 1.165) is 19.6 Å². The molecule has 84 valence electrons. The van der Waals surface area contributed by atoms with Gasteiger partial charge in [0, 0.05) is 19.2 Å². The summed E-state index contributed by atoms with van der Waals surface area (Å²) in [6.07, 6.45) is 1.19. The predicted molar refractivity (Wildman–Crippen MR) is 59.1 cm³/mol. The number of rotatable bonds is 6. The van der Waals surface area contributed by atoms with Gasteiger partial charge >= 0.3 is 0 Å². The van der Waals surface area contributed by atoms with Crippen LogP contribution in [0.5, 0.6) is 0 Å². The van der Waals surface area contributed by atoms with Gasteiger partial charge in [-0.3, -0.25) is 4.79 Å². The third-order valence-electron chi connectivity index (χ3n) is 1.76. The highest BCUT2D eigenvalue weighted by Gasteiger charge is 1.94. The summed E-state index contributed by atoms with van der Waals surface area (Å²) in [5.41, 5.74) is -0.191. The first-order valence-corrected chi connectivity index (χ1v) is 5.09. The minimum absolute atomic E-state index is 0.191. The standard InChI is InChI=1S/C10H17N3O2/c1-8(2)15-7-3-6-11-9-4-5-10(14)13-12-9/h4-5,8H,3,6-7H2,1-2H3,(H,11,12)(H,13,14). The number of hydrogen-bond acceptors (Lipinski definition) is 4. The normalized spacial score (nSPS) is 10.6. The summed E-state index contributed by atoms with van der Waals surface area (Å²) < 4.78 is 5.38. The van der Waals surface area contributed by atoms with Gasteiger partial charge in [-0.2, -0.15) is 5.10 Å². The van der Waals surface area contributed by atoms with E-state index in [4.69, 9.17) is 4.74 Å². The molecule has 0 radical (unpaired) electrons. The molecule has 2 N–H and O–H groups in total. The van der Waals surface area contributed by atoms with Crippen LogP contribution in [-0.4, -0.2) is 29.5 Å². The minimum atomic E-state index is -0.191. The number of hydrogen-bond donors (Lipinski definition) is 2. The summed E-state index contributed by atoms with van der Waals surface area (Å²) in [7, 11) is 0. The highest BCUT2D eigenvalue weighted by Crippen LogP contribution is 1.96. The van der Waals surface area contributed by atoms with Crippen molar-refractivity contribution in [2.75, 3.05) is 18.5 Å². The molecule has 5 nitrogen and oxygen atoms in total. The predicted octanol–water partition coefficient (Wildman–Crippen LogP) is 0.997. The molecular formula is C10H17N3O2. The first-order chi connectivity index (χ1) is 7.18. The van der Waals surface area contributed by atoms with E-state index in [-0.39, 0.29) is 11.7 Å². The van der Waals surface area contributed by atoms with Crippen LogP contribution in [0.15, 0.2) is 16.9 Å². The SMILES string of the molecule is CC(C)OCCCNc1ccc(=O)[nH]n1. The number of H-pyrrole nitrogens is 1. The summed E-state index contributed by atoms with van der Waals surface area (Å²) >= 11 is 0. The second kappa shape index (κ2) is 6.19. The van der Waals surface area contributed by atoms with Crippen LogP contribution in [0.1, 0.15) is 20.3 Å². The smallest absolute Gasteiger partial charge is 0.264 e. The van der Waals surface area contributed by atoms with E-state index in [2.05, 4.69) is 15.5 Å². The van der Waals surface area contributed by atoms with Crippen LogP contribution in [0.25, 0.3) is 0 Å². The molecule has 0 aliphatic rings. The molecule has 0 spiro atoms. The number of aromatic amines is 1. The van der Waals surface area contributed by atoms with Gasteiger partial charge in [-0.25, -0.2) is 5.10 Å². The Balaban J connectivity index is 2.15. The van der Waals surface area contributed by atoms with Crippen molar-refractivity contribution < 1.29 is 4.74 Å². The van der Waals surface area contributed by atoms with Crippen molar-refractivity contribution in [2.45, 2.75) is 26.4 Å². The topological polar surface area (TPSA) is 67.0 Å². The summed E-state index contributed by atoms with van der Waals surface area (Å²) in [6.45, 7) is 5.54. The Bertz CT molecular complexity index is 315. The van der Waals surface area contributed by atoms with E-state index in [1.165, 1.54) is 6.07 Å². The van der Waals surface area contributed by atoms with Crippen LogP contribution in [0.3, 0.4) is 0 Å². The third-order valence-corrected chi connectivity index (χ3v) is 1.76. The maximum absolute atomic E-state index is 10.7. The van der Waals surface area contributed by atoms with Gasteiger partial charge in [-0.1, -0.05) is 0 Å². The lowest BCUT2D eigenvalue weighted by atomic mass is 10.4. The van der Waals surface area contributed by atoms with E-state index in [9.17, 15) is 4.79 Å². The zero-order valence-electron chi connectivity index (χ0n) is 9.12. The Morgan fingerprint density at radius 2 is 2.33 bits per heavy atom. The van der Waals surface area contributed by atoms with Gasteiger partial charge in [-0.05, 0) is 26.3 Å². The Kier molecular flexibility index (Phi) is 4.83. The monoisotopic (exact) mass is 211 g/mol. The molecule has 1 aromatic heterocycles. The van der Waals surface area contributed by atoms with Crippen molar-refractivity contribution in [3.8, 4) is 0 Å². The van der Waals surface area contributed by atoms with Crippen LogP contribution in [0.2, 0.25) is 0 Å². The highest BCUT2D eigenvalue weighted by molar-refractivity contribution is 5.30. The molecule has 0 atom stereocenters. The van der Waals surface area contributed by atoms with Crippen molar-refractivity contribution in [3.05, 3.63) is 22.5 Å². The molecule has 15 heavy (non-hydrogen) atoms. The largest absolute Gasteiger partial charge is 0.379 e. The number of nitrogens with one attached hydrogen (secondary N) is 2. The molecule has 0 saturated carbocycles. The lowest BCUT2D eigenvalue weighted by molar-refractivity contribution is 0.0787. The van der Waals surface area contributed by atoms with Crippen molar-refractivity contribution in [1.82, 2.24) is 10.2 Å². The average Bonchev–Trinajstić information content (AvgIpc) is 2.20. The van der Waals surface area contributed by atoms with Gasteiger partial charge in [0.1, 0.15) is 5.82 Å². The summed E-state index contributed by atoms with van der Waals surface area (Å²) in [4.78, 5) is 10.7. The van der Waals surface area contributed by atoms with E-state index in [1.54, 1.807) is 6.07 Å². The van der Waals surface area contributed by atoms with Crippen molar-refractivity contribution in [2.24, 2.45) is 0 Å². The van der Waals surface area contributed by atoms with Gasteiger partial charge in [0.2, 0.25) is 0 Å². The van der Waals surface area contributed by atoms with Crippen LogP contribution < -0.4 is 10.9 Å². The molecule has 0 bridgehead atoms. The summed E-state index contributed by atoms with van der Waals surface area (Å²) in [5.74, 6) is 0.680. The maximum atomic E-state index is 10.7. The molecule has 0 saturated heterocycles. The molecule has 0 aromatic carbocycles. The highest BCUT2D eigenvalue weighted by atomic mass is 16.5. The van der Waals surface area contributed by atoms with Crippen molar-refractivity contribution in [3.63, 3.8) is 0 Å². The lowest BCUT2D eigenvalue weighted by Gasteiger charge is -2.07. The number of ether oxygens (including phenoxy) is 1. The van der Waals surface area contributed by atoms with E-state index in [1.807, 2.05) is 13.8 Å². The zero-order valence-corrected chi connectivity index (χ0v) is 9.12. The fourth-order valence-electron chi connectivity index (χ4n) is 1.05. The van der Waals surface area contributed by atoms with Crippen LogP contribution >= 0.6 is 0 Å². The first-order valence-electron chi connectivity index (χ1n) is 5.09. The maximum Gasteiger partial charge on any atom is 0.264 e. The van der Waals surface area contributed by atoms with Crippen molar-refractivity contribution in [1.29, 1.82) is 0 Å². The van der Waals surface area contributed by atoms with Gasteiger partial charge in [0.05, 0.1) is 6.10 Å². The molecule has 0 fully saturated rings. The number of aromatic nitrogens is 2. The second-order valence-electron chi connectivity index (χ2n) is 3.51. The first kappa shape index (κ1) is 11.7. The molecule has 1 heterocycles. The Labute approximate surface area is 88.9 Å². The number of anilines is 1. The average molecular weight is 211 g/mol. The van der Waals surface area contributed by atoms with Crippen LogP contribution in [0, 0.1) is 0 Å². The molecule has 1 aromatic rings. The van der Waals surface area contributed by atoms with Gasteiger partial charge in [-0.15, -0.1) is 0 Å². The summed E-state index contributed by atoms with van der Waals surface area (Å²) in [5, 5.41) is 9.27. The molecule has 5 heteroatoms. The molecule has 1 rings (SSSR count). The van der Waals surface area contributed by atoms with E-state index < -0.39 is 0 Å². The van der Waals surface area contributed by atoms with Crippen LogP contribution in [-0.2, 0) is 4.74 Å². The van der Waals surface area contributed by atoms with Gasteiger partial charge in [0.25, 0.3) is 5.56 Å². The van der Waals surface area contributed by atoms with E-state index in [0.29, 0.717) is 5.82 Å². The van der Waals surface area contributed by atoms with Crippen molar-refractivity contribution >= 4 is 5.82 Å². The molecule has 0 aliphatic heterocycles. The van der Waals surface area contributed by atoms with Gasteiger partial charge in [0.15, 0.2) is 0 Å². The zero-order chi connectivity index (χ0) is 11.1. The Morgan fingerprint density at radius 1 is 1.53 bits per heavy atom. The fourth-order valence-corrected chi connectivity index (χ4v) is 1.05. The van der Waals surface area contributed by atoms with Crippen LogP contribution in [0.4, 0.5) is 5.82 Å². The molecule has 0 amide bonds. The minimum Gasteiger partial charge on any atom is -0.379 e.